The van der Waals surface area contributed by atoms with Crippen molar-refractivity contribution < 1.29 is 0 Å². The van der Waals surface area contributed by atoms with E-state index in [1.165, 1.54) is 75.0 Å². The predicted octanol–water partition coefficient (Wildman–Crippen LogP) is 4.76. The molecule has 1 unspecified atom stereocenters. The van der Waals surface area contributed by atoms with E-state index in [0.29, 0.717) is 5.82 Å². The maximum Gasteiger partial charge on any atom is 0.190 e. The molecule has 1 atom stereocenters. The average Bonchev–Trinajstić information content (AvgIpc) is 3.04. The molecule has 0 spiro atoms. The minimum atomic E-state index is 0.695. The highest BCUT2D eigenvalue weighted by atomic mass is 32.2. The van der Waals surface area contributed by atoms with Gasteiger partial charge in [0.05, 0.1) is 5.39 Å². The fourth-order valence-electron chi connectivity index (χ4n) is 4.30. The first-order valence-electron chi connectivity index (χ1n) is 10.2. The summed E-state index contributed by atoms with van der Waals surface area (Å²) >= 11 is 3.62. The molecule has 1 fully saturated rings. The highest BCUT2D eigenvalue weighted by Gasteiger charge is 2.24. The molecule has 1 saturated heterocycles. The Hall–Kier alpha value is -0.850. The van der Waals surface area contributed by atoms with Gasteiger partial charge >= 0.3 is 0 Å². The Balaban J connectivity index is 1.40. The number of likely N-dealkylation sites (tertiary alicyclic amines) is 1. The molecule has 2 N–H and O–H groups in total. The van der Waals surface area contributed by atoms with Crippen LogP contribution in [0.25, 0.3) is 10.2 Å². The SMILES string of the molecule is CCC1CCc2c(sc3nc(SCCCN4CCCCC4)nc(N)c23)C1. The third kappa shape index (κ3) is 4.02. The molecule has 0 radical (unpaired) electrons. The lowest BCUT2D eigenvalue weighted by Crippen LogP contribution is -2.30. The van der Waals surface area contributed by atoms with Crippen LogP contribution in [0.2, 0.25) is 0 Å². The average molecular weight is 391 g/mol. The number of aromatic nitrogens is 2. The summed E-state index contributed by atoms with van der Waals surface area (Å²) in [4.78, 5) is 14.7. The van der Waals surface area contributed by atoms with Crippen molar-refractivity contribution in [3.05, 3.63) is 10.4 Å². The van der Waals surface area contributed by atoms with Gasteiger partial charge in [0.2, 0.25) is 0 Å². The number of anilines is 1. The number of hydrogen-bond acceptors (Lipinski definition) is 6. The quantitative estimate of drug-likeness (QED) is 0.438. The number of hydrogen-bond donors (Lipinski definition) is 1. The van der Waals surface area contributed by atoms with Crippen molar-refractivity contribution >= 4 is 39.1 Å². The van der Waals surface area contributed by atoms with Crippen LogP contribution in [-0.4, -0.2) is 40.3 Å². The molecule has 4 rings (SSSR count). The molecule has 26 heavy (non-hydrogen) atoms. The van der Waals surface area contributed by atoms with E-state index in [0.717, 1.165) is 33.5 Å². The van der Waals surface area contributed by atoms with Crippen LogP contribution in [0.5, 0.6) is 0 Å². The minimum absolute atomic E-state index is 0.695. The topological polar surface area (TPSA) is 55.0 Å². The number of nitrogens with two attached hydrogens (primary N) is 1. The second-order valence-corrected chi connectivity index (χ2v) is 9.84. The number of thioether (sulfide) groups is 1. The number of nitrogen functional groups attached to an aromatic ring is 1. The molecule has 1 aliphatic heterocycles. The number of rotatable bonds is 6. The molecule has 0 amide bonds. The monoisotopic (exact) mass is 390 g/mol. The number of thiophene rings is 1. The second-order valence-electron chi connectivity index (χ2n) is 7.70. The van der Waals surface area contributed by atoms with Gasteiger partial charge in [-0.25, -0.2) is 9.97 Å². The van der Waals surface area contributed by atoms with E-state index in [1.54, 1.807) is 11.8 Å². The zero-order valence-corrected chi connectivity index (χ0v) is 17.4. The van der Waals surface area contributed by atoms with E-state index in [4.69, 9.17) is 10.7 Å². The van der Waals surface area contributed by atoms with Crippen molar-refractivity contribution in [2.75, 3.05) is 31.1 Å². The van der Waals surface area contributed by atoms with Crippen LogP contribution in [0.4, 0.5) is 5.82 Å². The Morgan fingerprint density at radius 2 is 2.08 bits per heavy atom. The Morgan fingerprint density at radius 3 is 2.88 bits per heavy atom. The summed E-state index contributed by atoms with van der Waals surface area (Å²) in [6.07, 6.45) is 10.2. The minimum Gasteiger partial charge on any atom is -0.383 e. The van der Waals surface area contributed by atoms with Crippen LogP contribution in [-0.2, 0) is 12.8 Å². The first-order chi connectivity index (χ1) is 12.7. The lowest BCUT2D eigenvalue weighted by atomic mass is 9.86. The molecule has 142 valence electrons. The lowest BCUT2D eigenvalue weighted by molar-refractivity contribution is 0.230. The molecular weight excluding hydrogens is 360 g/mol. The summed E-state index contributed by atoms with van der Waals surface area (Å²) in [5, 5.41) is 2.01. The molecule has 3 heterocycles. The number of fused-ring (bicyclic) bond motifs is 3. The molecule has 0 bridgehead atoms. The van der Waals surface area contributed by atoms with E-state index in [1.807, 2.05) is 11.3 Å². The lowest BCUT2D eigenvalue weighted by Gasteiger charge is -2.26. The van der Waals surface area contributed by atoms with Crippen LogP contribution < -0.4 is 5.73 Å². The van der Waals surface area contributed by atoms with Crippen molar-refractivity contribution in [3.8, 4) is 0 Å². The Morgan fingerprint density at radius 1 is 1.23 bits per heavy atom. The van der Waals surface area contributed by atoms with Crippen molar-refractivity contribution in [1.82, 2.24) is 14.9 Å². The fraction of sp³-hybridized carbons (Fsp3) is 0.700. The van der Waals surface area contributed by atoms with Crippen molar-refractivity contribution in [3.63, 3.8) is 0 Å². The first kappa shape index (κ1) is 18.5. The smallest absolute Gasteiger partial charge is 0.190 e. The number of aryl methyl sites for hydroxylation is 1. The van der Waals surface area contributed by atoms with Gasteiger partial charge in [-0.1, -0.05) is 31.5 Å². The van der Waals surface area contributed by atoms with Gasteiger partial charge in [0.15, 0.2) is 5.16 Å². The van der Waals surface area contributed by atoms with Crippen LogP contribution in [0.3, 0.4) is 0 Å². The summed E-state index contributed by atoms with van der Waals surface area (Å²) in [7, 11) is 0. The standard InChI is InChI=1S/C20H30N4S2/c1-2-14-7-8-15-16(13-14)26-19-17(15)18(21)22-20(23-19)25-12-6-11-24-9-4-3-5-10-24/h14H,2-13H2,1H3,(H2,21,22,23). The van der Waals surface area contributed by atoms with Crippen molar-refractivity contribution in [1.29, 1.82) is 0 Å². The third-order valence-electron chi connectivity index (χ3n) is 5.89. The highest BCUT2D eigenvalue weighted by Crippen LogP contribution is 2.40. The van der Waals surface area contributed by atoms with Gasteiger partial charge in [-0.15, -0.1) is 11.3 Å². The van der Waals surface area contributed by atoms with Gasteiger partial charge < -0.3 is 10.6 Å². The van der Waals surface area contributed by atoms with Gasteiger partial charge in [-0.05, 0) is 69.6 Å². The van der Waals surface area contributed by atoms with Gasteiger partial charge in [0, 0.05) is 10.6 Å². The van der Waals surface area contributed by atoms with Gasteiger partial charge in [0.25, 0.3) is 0 Å². The molecule has 2 aromatic heterocycles. The largest absolute Gasteiger partial charge is 0.383 e. The summed E-state index contributed by atoms with van der Waals surface area (Å²) in [6, 6.07) is 0. The van der Waals surface area contributed by atoms with E-state index >= 15 is 0 Å². The zero-order chi connectivity index (χ0) is 17.9. The highest BCUT2D eigenvalue weighted by molar-refractivity contribution is 7.99. The first-order valence-corrected chi connectivity index (χ1v) is 12.0. The van der Waals surface area contributed by atoms with Gasteiger partial charge in [-0.3, -0.25) is 0 Å². The maximum atomic E-state index is 6.35. The maximum absolute atomic E-state index is 6.35. The van der Waals surface area contributed by atoms with Crippen LogP contribution in [0.15, 0.2) is 5.16 Å². The molecule has 1 aliphatic carbocycles. The third-order valence-corrected chi connectivity index (χ3v) is 7.98. The summed E-state index contributed by atoms with van der Waals surface area (Å²) < 4.78 is 0. The Kier molecular flexibility index (Phi) is 6.01. The van der Waals surface area contributed by atoms with Gasteiger partial charge in [0.1, 0.15) is 10.6 Å². The second kappa shape index (κ2) is 8.44. The molecule has 4 nitrogen and oxygen atoms in total. The summed E-state index contributed by atoms with van der Waals surface area (Å²) in [5.41, 5.74) is 7.79. The number of piperidine rings is 1. The van der Waals surface area contributed by atoms with Gasteiger partial charge in [-0.2, -0.15) is 0 Å². The van der Waals surface area contributed by atoms with Crippen molar-refractivity contribution in [2.24, 2.45) is 5.92 Å². The van der Waals surface area contributed by atoms with E-state index in [9.17, 15) is 0 Å². The van der Waals surface area contributed by atoms with Crippen molar-refractivity contribution in [2.45, 2.75) is 63.4 Å². The van der Waals surface area contributed by atoms with Crippen LogP contribution in [0, 0.1) is 5.92 Å². The molecule has 2 aliphatic rings. The van der Waals surface area contributed by atoms with E-state index in [-0.39, 0.29) is 0 Å². The van der Waals surface area contributed by atoms with Crippen LogP contribution >= 0.6 is 23.1 Å². The zero-order valence-electron chi connectivity index (χ0n) is 15.8. The number of nitrogens with zero attached hydrogens (tertiary/aromatic N) is 3. The summed E-state index contributed by atoms with van der Waals surface area (Å²) in [5.74, 6) is 2.60. The molecule has 0 aromatic carbocycles. The van der Waals surface area contributed by atoms with E-state index in [2.05, 4.69) is 16.8 Å². The molecular formula is C20H30N4S2. The normalized spacial score (nSPS) is 21.2. The Labute approximate surface area is 165 Å². The predicted molar refractivity (Wildman–Crippen MR) is 113 cm³/mol. The van der Waals surface area contributed by atoms with E-state index < -0.39 is 0 Å². The molecule has 2 aromatic rings. The molecule has 0 saturated carbocycles. The fourth-order valence-corrected chi connectivity index (χ4v) is 6.48. The molecule has 6 heteroatoms. The summed E-state index contributed by atoms with van der Waals surface area (Å²) in [6.45, 7) is 6.06. The Bertz CT molecular complexity index is 752. The van der Waals surface area contributed by atoms with Crippen LogP contribution in [0.1, 0.15) is 55.9 Å².